The fourth-order valence-corrected chi connectivity index (χ4v) is 1.89. The van der Waals surface area contributed by atoms with Crippen LogP contribution in [0.2, 0.25) is 0 Å². The Hall–Kier alpha value is -3.58. The average Bonchev–Trinajstić information content (AvgIpc) is 2.60. The van der Waals surface area contributed by atoms with Gasteiger partial charge in [0.1, 0.15) is 12.4 Å². The molecule has 0 spiro atoms. The Morgan fingerprint density at radius 2 is 2.04 bits per heavy atom. The molecule has 0 aliphatic carbocycles. The third-order valence-corrected chi connectivity index (χ3v) is 3.00. The number of carbonyl (C=O) groups is 2. The van der Waals surface area contributed by atoms with Crippen molar-refractivity contribution in [2.24, 2.45) is 5.11 Å². The molecule has 9 heteroatoms. The summed E-state index contributed by atoms with van der Waals surface area (Å²) in [5.74, 6) is 0.137. The predicted octanol–water partition coefficient (Wildman–Crippen LogP) is 2.79. The first kappa shape index (κ1) is 17.8. The Kier molecular flexibility index (Phi) is 6.32. The number of hydrogen-bond acceptors (Lipinski definition) is 5. The van der Waals surface area contributed by atoms with Crippen molar-refractivity contribution >= 4 is 23.2 Å². The second-order valence-corrected chi connectivity index (χ2v) is 4.93. The molecule has 0 unspecified atom stereocenters. The van der Waals surface area contributed by atoms with Crippen LogP contribution >= 0.6 is 0 Å². The number of carbonyl (C=O) groups excluding carboxylic acids is 2. The van der Waals surface area contributed by atoms with E-state index in [-0.39, 0.29) is 23.1 Å². The summed E-state index contributed by atoms with van der Waals surface area (Å²) in [6.07, 6.45) is 2.74. The number of aromatic nitrogens is 1. The molecular weight excluding hydrogens is 324 g/mol. The zero-order valence-electron chi connectivity index (χ0n) is 13.5. The Morgan fingerprint density at radius 3 is 2.72 bits per heavy atom. The Bertz CT molecular complexity index is 800. The molecule has 0 atom stereocenters. The van der Waals surface area contributed by atoms with Gasteiger partial charge in [-0.15, -0.1) is 0 Å². The fraction of sp³-hybridized carbons (Fsp3) is 0.188. The van der Waals surface area contributed by atoms with Crippen LogP contribution in [0.15, 0.2) is 47.8 Å². The van der Waals surface area contributed by atoms with Crippen LogP contribution in [-0.4, -0.2) is 29.9 Å². The van der Waals surface area contributed by atoms with E-state index in [2.05, 4.69) is 25.6 Å². The first-order chi connectivity index (χ1) is 12.1. The molecule has 2 aromatic rings. The van der Waals surface area contributed by atoms with E-state index in [0.29, 0.717) is 24.6 Å². The van der Waals surface area contributed by atoms with Crippen LogP contribution in [0.1, 0.15) is 17.3 Å². The summed E-state index contributed by atoms with van der Waals surface area (Å²) in [7, 11) is 0. The third kappa shape index (κ3) is 5.85. The van der Waals surface area contributed by atoms with E-state index in [0.717, 1.165) is 0 Å². The molecule has 0 aliphatic heterocycles. The van der Waals surface area contributed by atoms with Crippen LogP contribution in [-0.2, 0) is 4.79 Å². The van der Waals surface area contributed by atoms with Gasteiger partial charge in [0.05, 0.1) is 17.8 Å². The van der Waals surface area contributed by atoms with Gasteiger partial charge < -0.3 is 15.4 Å². The summed E-state index contributed by atoms with van der Waals surface area (Å²) < 4.78 is 5.46. The van der Waals surface area contributed by atoms with Gasteiger partial charge in [-0.1, -0.05) is 5.11 Å². The van der Waals surface area contributed by atoms with Crippen molar-refractivity contribution in [3.63, 3.8) is 0 Å². The van der Waals surface area contributed by atoms with Crippen molar-refractivity contribution in [2.75, 3.05) is 18.5 Å². The SMILES string of the molecule is CC(=O)NCCOc1ccc(NC(=O)c2cncc(N=[N+]=[N-])c2)cc1. The maximum atomic E-state index is 12.2. The summed E-state index contributed by atoms with van der Waals surface area (Å²) in [6.45, 7) is 2.21. The lowest BCUT2D eigenvalue weighted by Gasteiger charge is -2.09. The molecule has 2 rings (SSSR count). The monoisotopic (exact) mass is 340 g/mol. The van der Waals surface area contributed by atoms with Gasteiger partial charge in [0.15, 0.2) is 0 Å². The molecule has 0 bridgehead atoms. The summed E-state index contributed by atoms with van der Waals surface area (Å²) >= 11 is 0. The molecule has 1 aromatic carbocycles. The van der Waals surface area contributed by atoms with Crippen LogP contribution in [0.4, 0.5) is 11.4 Å². The first-order valence-corrected chi connectivity index (χ1v) is 7.37. The van der Waals surface area contributed by atoms with Gasteiger partial charge in [-0.05, 0) is 35.9 Å². The number of amides is 2. The number of rotatable bonds is 7. The quantitative estimate of drug-likeness (QED) is 0.347. The largest absolute Gasteiger partial charge is 0.492 e. The normalized spacial score (nSPS) is 9.64. The van der Waals surface area contributed by atoms with Crippen LogP contribution in [0.3, 0.4) is 0 Å². The number of nitrogens with one attached hydrogen (secondary N) is 2. The average molecular weight is 340 g/mol. The third-order valence-electron chi connectivity index (χ3n) is 3.00. The molecule has 1 aromatic heterocycles. The summed E-state index contributed by atoms with van der Waals surface area (Å²) in [4.78, 5) is 29.4. The molecule has 128 valence electrons. The van der Waals surface area contributed by atoms with Crippen molar-refractivity contribution in [3.05, 3.63) is 58.7 Å². The van der Waals surface area contributed by atoms with Gasteiger partial charge in [0.25, 0.3) is 5.91 Å². The maximum Gasteiger partial charge on any atom is 0.257 e. The minimum atomic E-state index is -0.373. The van der Waals surface area contributed by atoms with Gasteiger partial charge in [-0.3, -0.25) is 14.6 Å². The molecule has 0 saturated carbocycles. The van der Waals surface area contributed by atoms with E-state index in [4.69, 9.17) is 10.3 Å². The second kappa shape index (κ2) is 8.90. The van der Waals surface area contributed by atoms with E-state index >= 15 is 0 Å². The maximum absolute atomic E-state index is 12.2. The highest BCUT2D eigenvalue weighted by atomic mass is 16.5. The minimum Gasteiger partial charge on any atom is -0.492 e. The number of pyridine rings is 1. The summed E-state index contributed by atoms with van der Waals surface area (Å²) in [5.41, 5.74) is 9.53. The van der Waals surface area contributed by atoms with Crippen LogP contribution < -0.4 is 15.4 Å². The summed E-state index contributed by atoms with van der Waals surface area (Å²) in [6, 6.07) is 8.24. The van der Waals surface area contributed by atoms with Crippen molar-refractivity contribution in [1.29, 1.82) is 0 Å². The van der Waals surface area contributed by atoms with E-state index in [9.17, 15) is 9.59 Å². The van der Waals surface area contributed by atoms with Crippen molar-refractivity contribution in [2.45, 2.75) is 6.92 Å². The Labute approximate surface area is 143 Å². The molecule has 0 radical (unpaired) electrons. The van der Waals surface area contributed by atoms with Crippen LogP contribution in [0.25, 0.3) is 10.4 Å². The molecule has 2 amide bonds. The topological polar surface area (TPSA) is 129 Å². The smallest absolute Gasteiger partial charge is 0.257 e. The summed E-state index contributed by atoms with van der Waals surface area (Å²) in [5, 5.41) is 8.75. The number of anilines is 1. The highest BCUT2D eigenvalue weighted by Crippen LogP contribution is 2.17. The molecule has 9 nitrogen and oxygen atoms in total. The number of benzene rings is 1. The van der Waals surface area contributed by atoms with Crippen LogP contribution in [0.5, 0.6) is 5.75 Å². The lowest BCUT2D eigenvalue weighted by Crippen LogP contribution is -2.25. The molecule has 25 heavy (non-hydrogen) atoms. The Morgan fingerprint density at radius 1 is 1.28 bits per heavy atom. The zero-order valence-corrected chi connectivity index (χ0v) is 13.5. The van der Waals surface area contributed by atoms with Gasteiger partial charge in [0, 0.05) is 29.9 Å². The molecule has 0 saturated heterocycles. The molecule has 2 N–H and O–H groups in total. The number of ether oxygens (including phenoxy) is 1. The van der Waals surface area contributed by atoms with Gasteiger partial charge >= 0.3 is 0 Å². The fourth-order valence-electron chi connectivity index (χ4n) is 1.89. The lowest BCUT2D eigenvalue weighted by molar-refractivity contribution is -0.119. The van der Waals surface area contributed by atoms with E-state index < -0.39 is 0 Å². The number of azide groups is 1. The lowest BCUT2D eigenvalue weighted by atomic mass is 10.2. The highest BCUT2D eigenvalue weighted by Gasteiger charge is 2.07. The molecule has 0 aliphatic rings. The van der Waals surface area contributed by atoms with Crippen LogP contribution in [0, 0.1) is 0 Å². The second-order valence-electron chi connectivity index (χ2n) is 4.93. The molecule has 0 fully saturated rings. The number of hydrogen-bond donors (Lipinski definition) is 2. The van der Waals surface area contributed by atoms with Crippen molar-refractivity contribution in [1.82, 2.24) is 10.3 Å². The van der Waals surface area contributed by atoms with E-state index in [1.807, 2.05) is 0 Å². The zero-order chi connectivity index (χ0) is 18.1. The van der Waals surface area contributed by atoms with Gasteiger partial charge in [-0.25, -0.2) is 0 Å². The predicted molar refractivity (Wildman–Crippen MR) is 91.6 cm³/mol. The number of nitrogens with zero attached hydrogens (tertiary/aromatic N) is 4. The highest BCUT2D eigenvalue weighted by molar-refractivity contribution is 6.04. The first-order valence-electron chi connectivity index (χ1n) is 7.37. The minimum absolute atomic E-state index is 0.110. The van der Waals surface area contributed by atoms with Gasteiger partial charge in [0.2, 0.25) is 5.91 Å². The standard InChI is InChI=1S/C16H16N6O3/c1-11(23)19-6-7-25-15-4-2-13(3-5-15)20-16(24)12-8-14(21-22-17)10-18-9-12/h2-5,8-10H,6-7H2,1H3,(H,19,23)(H,20,24). The molecule has 1 heterocycles. The van der Waals surface area contributed by atoms with Crippen molar-refractivity contribution < 1.29 is 14.3 Å². The van der Waals surface area contributed by atoms with Gasteiger partial charge in [-0.2, -0.15) is 0 Å². The van der Waals surface area contributed by atoms with Crippen molar-refractivity contribution in [3.8, 4) is 5.75 Å². The van der Waals surface area contributed by atoms with E-state index in [1.165, 1.54) is 25.4 Å². The van der Waals surface area contributed by atoms with E-state index in [1.54, 1.807) is 24.3 Å². The molecular formula is C16H16N6O3. The Balaban J connectivity index is 1.92.